The van der Waals surface area contributed by atoms with Crippen LogP contribution in [0.5, 0.6) is 11.5 Å². The maximum absolute atomic E-state index is 6.16. The van der Waals surface area contributed by atoms with Crippen LogP contribution in [0, 0.1) is 6.92 Å². The largest absolute Gasteiger partial charge is 0.497 e. The lowest BCUT2D eigenvalue weighted by Crippen LogP contribution is -1.97. The predicted octanol–water partition coefficient (Wildman–Crippen LogP) is 6.82. The van der Waals surface area contributed by atoms with Gasteiger partial charge in [0.25, 0.3) is 0 Å². The maximum Gasteiger partial charge on any atom is 0.212 e. The number of furan rings is 1. The molecule has 0 atom stereocenters. The van der Waals surface area contributed by atoms with E-state index >= 15 is 0 Å². The Bertz CT molecular complexity index is 1640. The van der Waals surface area contributed by atoms with Crippen LogP contribution in [-0.4, -0.2) is 26.7 Å². The highest BCUT2D eigenvalue weighted by atomic mass is 35.5. The third kappa shape index (κ3) is 4.22. The van der Waals surface area contributed by atoms with Gasteiger partial charge in [-0.3, -0.25) is 4.98 Å². The van der Waals surface area contributed by atoms with Crippen LogP contribution in [0.15, 0.2) is 71.4 Å². The second-order valence-corrected chi connectivity index (χ2v) is 9.55. The molecule has 4 heterocycles. The van der Waals surface area contributed by atoms with Crippen molar-refractivity contribution >= 4 is 38.9 Å². The predicted molar refractivity (Wildman–Crippen MR) is 136 cm³/mol. The first-order valence-electron chi connectivity index (χ1n) is 10.8. The van der Waals surface area contributed by atoms with E-state index in [2.05, 4.69) is 15.1 Å². The van der Waals surface area contributed by atoms with Crippen molar-refractivity contribution in [3.63, 3.8) is 0 Å². The lowest BCUT2D eigenvalue weighted by molar-refractivity contribution is 0.306. The van der Waals surface area contributed by atoms with Crippen molar-refractivity contribution in [1.29, 1.82) is 0 Å². The number of fused-ring (bicyclic) bond motifs is 2. The summed E-state index contributed by atoms with van der Waals surface area (Å²) in [5.41, 5.74) is 4.15. The zero-order chi connectivity index (χ0) is 23.9. The monoisotopic (exact) mass is 502 g/mol. The SMILES string of the molecule is COc1cc(COc2ccnc(-c3ccc(Cl)cc3)c2)c2cc(-c3cn4nc(C)sc4n3)oc2c1. The second-order valence-electron chi connectivity index (χ2n) is 7.96. The van der Waals surface area contributed by atoms with E-state index in [0.29, 0.717) is 34.5 Å². The Morgan fingerprint density at radius 1 is 1.03 bits per heavy atom. The molecular weight excluding hydrogens is 484 g/mol. The van der Waals surface area contributed by atoms with E-state index < -0.39 is 0 Å². The van der Waals surface area contributed by atoms with Crippen molar-refractivity contribution in [2.45, 2.75) is 13.5 Å². The maximum atomic E-state index is 6.16. The minimum Gasteiger partial charge on any atom is -0.497 e. The molecule has 6 rings (SSSR count). The number of hydrogen-bond acceptors (Lipinski definition) is 7. The van der Waals surface area contributed by atoms with Crippen molar-refractivity contribution < 1.29 is 13.9 Å². The van der Waals surface area contributed by atoms with Gasteiger partial charge in [-0.1, -0.05) is 35.1 Å². The number of hydrogen-bond donors (Lipinski definition) is 0. The molecule has 2 aromatic carbocycles. The molecule has 35 heavy (non-hydrogen) atoms. The number of ether oxygens (including phenoxy) is 2. The van der Waals surface area contributed by atoms with E-state index in [-0.39, 0.29) is 0 Å². The Labute approximate surface area is 209 Å². The van der Waals surface area contributed by atoms with Gasteiger partial charge >= 0.3 is 0 Å². The fraction of sp³-hybridized carbons (Fsp3) is 0.115. The van der Waals surface area contributed by atoms with Gasteiger partial charge in [0.05, 0.1) is 19.0 Å². The van der Waals surface area contributed by atoms with Crippen molar-refractivity contribution in [2.75, 3.05) is 7.11 Å². The molecule has 4 aromatic heterocycles. The number of aromatic nitrogens is 4. The summed E-state index contributed by atoms with van der Waals surface area (Å²) in [5, 5.41) is 7.02. The van der Waals surface area contributed by atoms with Crippen LogP contribution in [0.25, 0.3) is 38.6 Å². The average Bonchev–Trinajstić information content (AvgIpc) is 3.55. The fourth-order valence-corrected chi connectivity index (χ4v) is 4.76. The van der Waals surface area contributed by atoms with Crippen LogP contribution in [0.2, 0.25) is 5.02 Å². The van der Waals surface area contributed by atoms with Crippen molar-refractivity contribution in [3.8, 4) is 34.2 Å². The zero-order valence-corrected chi connectivity index (χ0v) is 20.4. The number of rotatable bonds is 6. The third-order valence-corrected chi connectivity index (χ3v) is 6.68. The highest BCUT2D eigenvalue weighted by Gasteiger charge is 2.16. The molecule has 0 unspecified atom stereocenters. The summed E-state index contributed by atoms with van der Waals surface area (Å²) in [5.74, 6) is 2.07. The van der Waals surface area contributed by atoms with E-state index in [0.717, 1.165) is 37.9 Å². The average molecular weight is 503 g/mol. The lowest BCUT2D eigenvalue weighted by atomic mass is 10.1. The van der Waals surface area contributed by atoms with Gasteiger partial charge in [-0.05, 0) is 37.3 Å². The number of nitrogens with zero attached hydrogens (tertiary/aromatic N) is 4. The first-order valence-corrected chi connectivity index (χ1v) is 12.0. The highest BCUT2D eigenvalue weighted by Crippen LogP contribution is 2.34. The molecule has 7 nitrogen and oxygen atoms in total. The van der Waals surface area contributed by atoms with Crippen molar-refractivity contribution in [1.82, 2.24) is 19.6 Å². The van der Waals surface area contributed by atoms with E-state index in [9.17, 15) is 0 Å². The van der Waals surface area contributed by atoms with E-state index in [1.54, 1.807) is 17.8 Å². The molecule has 0 aliphatic heterocycles. The standard InChI is InChI=1S/C26H19ClN4O3S/c1-15-30-31-13-23(29-26(31)35-15)25-12-21-17(9-20(32-2)11-24(21)34-25)14-33-19-7-8-28-22(10-19)16-3-5-18(27)6-4-16/h3-13H,14H2,1-2H3. The van der Waals surface area contributed by atoms with E-state index in [1.807, 2.05) is 67.7 Å². The molecule has 0 N–H and O–H groups in total. The molecule has 0 bridgehead atoms. The van der Waals surface area contributed by atoms with Gasteiger partial charge in [0, 0.05) is 39.9 Å². The summed E-state index contributed by atoms with van der Waals surface area (Å²) in [4.78, 5) is 9.94. The Hall–Kier alpha value is -3.88. The molecule has 0 spiro atoms. The van der Waals surface area contributed by atoms with E-state index in [1.165, 1.54) is 11.3 Å². The molecule has 0 amide bonds. The van der Waals surface area contributed by atoms with Crippen molar-refractivity contribution in [3.05, 3.63) is 82.6 Å². The van der Waals surface area contributed by atoms with Crippen LogP contribution in [0.4, 0.5) is 0 Å². The summed E-state index contributed by atoms with van der Waals surface area (Å²) in [6, 6.07) is 17.1. The van der Waals surface area contributed by atoms with Crippen LogP contribution in [0.3, 0.4) is 0 Å². The molecular formula is C26H19ClN4O3S. The number of aryl methyl sites for hydroxylation is 1. The topological polar surface area (TPSA) is 74.7 Å². The minimum atomic E-state index is 0.329. The number of methoxy groups -OCH3 is 1. The highest BCUT2D eigenvalue weighted by molar-refractivity contribution is 7.16. The molecule has 9 heteroatoms. The normalized spacial score (nSPS) is 11.4. The van der Waals surface area contributed by atoms with Crippen LogP contribution < -0.4 is 9.47 Å². The van der Waals surface area contributed by atoms with Gasteiger partial charge in [0.15, 0.2) is 5.76 Å². The van der Waals surface area contributed by atoms with Gasteiger partial charge < -0.3 is 13.9 Å². The molecule has 0 saturated heterocycles. The van der Waals surface area contributed by atoms with Crippen LogP contribution in [0.1, 0.15) is 10.6 Å². The second kappa shape index (κ2) is 8.72. The summed E-state index contributed by atoms with van der Waals surface area (Å²) in [7, 11) is 1.63. The molecule has 6 aromatic rings. The number of imidazole rings is 1. The molecule has 0 fully saturated rings. The van der Waals surface area contributed by atoms with Crippen LogP contribution >= 0.6 is 22.9 Å². The fourth-order valence-electron chi connectivity index (χ4n) is 3.91. The van der Waals surface area contributed by atoms with Gasteiger partial charge in [-0.25, -0.2) is 9.50 Å². The van der Waals surface area contributed by atoms with Crippen LogP contribution in [-0.2, 0) is 6.61 Å². The van der Waals surface area contributed by atoms with Crippen molar-refractivity contribution in [2.24, 2.45) is 0 Å². The Morgan fingerprint density at radius 2 is 1.89 bits per heavy atom. The number of pyridine rings is 1. The quantitative estimate of drug-likeness (QED) is 0.249. The summed E-state index contributed by atoms with van der Waals surface area (Å²) < 4.78 is 19.6. The van der Waals surface area contributed by atoms with Gasteiger partial charge in [-0.2, -0.15) is 5.10 Å². The molecule has 0 saturated carbocycles. The third-order valence-electron chi connectivity index (χ3n) is 5.59. The van der Waals surface area contributed by atoms with Gasteiger partial charge in [0.2, 0.25) is 4.96 Å². The Kier molecular flexibility index (Phi) is 5.39. The van der Waals surface area contributed by atoms with E-state index in [4.69, 9.17) is 25.5 Å². The summed E-state index contributed by atoms with van der Waals surface area (Å²) in [6.45, 7) is 2.29. The number of halogens is 1. The first kappa shape index (κ1) is 21.6. The summed E-state index contributed by atoms with van der Waals surface area (Å²) in [6.07, 6.45) is 3.61. The molecule has 0 aliphatic carbocycles. The molecule has 174 valence electrons. The minimum absolute atomic E-state index is 0.329. The lowest BCUT2D eigenvalue weighted by Gasteiger charge is -2.10. The number of benzene rings is 2. The zero-order valence-electron chi connectivity index (χ0n) is 18.9. The Balaban J connectivity index is 1.31. The molecule has 0 radical (unpaired) electrons. The Morgan fingerprint density at radius 3 is 2.69 bits per heavy atom. The smallest absolute Gasteiger partial charge is 0.212 e. The summed E-state index contributed by atoms with van der Waals surface area (Å²) >= 11 is 7.55. The first-order chi connectivity index (χ1) is 17.1. The van der Waals surface area contributed by atoms with Gasteiger partial charge in [0.1, 0.15) is 34.4 Å². The molecule has 0 aliphatic rings. The van der Waals surface area contributed by atoms with Gasteiger partial charge in [-0.15, -0.1) is 0 Å².